The minimum Gasteiger partial charge on any atom is -0.497 e. The van der Waals surface area contributed by atoms with Crippen LogP contribution in [0.2, 0.25) is 0 Å². The smallest absolute Gasteiger partial charge is 0.340 e. The van der Waals surface area contributed by atoms with Crippen molar-refractivity contribution in [1.82, 2.24) is 0 Å². The lowest BCUT2D eigenvalue weighted by Gasteiger charge is -2.38. The minimum absolute atomic E-state index is 0.0532. The van der Waals surface area contributed by atoms with E-state index in [1.54, 1.807) is 32.2 Å². The van der Waals surface area contributed by atoms with E-state index < -0.39 is 11.9 Å². The van der Waals surface area contributed by atoms with Gasteiger partial charge in [0.25, 0.3) is 0 Å². The molecular formula is C22H27NO6. The number of Topliss-reactive ketones (excluding diaryl/α,β-unsaturated/α-hetero) is 1. The molecule has 0 fully saturated rings. The number of benzene rings is 1. The summed E-state index contributed by atoms with van der Waals surface area (Å²) in [6, 6.07) is 5.24. The van der Waals surface area contributed by atoms with Gasteiger partial charge in [-0.15, -0.1) is 0 Å². The summed E-state index contributed by atoms with van der Waals surface area (Å²) in [5.41, 5.74) is 7.04. The summed E-state index contributed by atoms with van der Waals surface area (Å²) >= 11 is 0. The van der Waals surface area contributed by atoms with Crippen LogP contribution in [0.3, 0.4) is 0 Å². The summed E-state index contributed by atoms with van der Waals surface area (Å²) in [7, 11) is 3.08. The highest BCUT2D eigenvalue weighted by atomic mass is 16.5. The van der Waals surface area contributed by atoms with Gasteiger partial charge in [0.1, 0.15) is 22.8 Å². The van der Waals surface area contributed by atoms with Gasteiger partial charge in [0.2, 0.25) is 5.88 Å². The summed E-state index contributed by atoms with van der Waals surface area (Å²) in [5.74, 6) is 0.0572. The molecule has 0 saturated carbocycles. The molecule has 1 aromatic rings. The molecule has 0 saturated heterocycles. The van der Waals surface area contributed by atoms with Crippen molar-refractivity contribution in [3.8, 4) is 11.5 Å². The summed E-state index contributed by atoms with van der Waals surface area (Å²) in [6.07, 6.45) is 0.877. The fraction of sp³-hybridized carbons (Fsp3) is 0.455. The minimum atomic E-state index is -0.758. The Kier molecular flexibility index (Phi) is 5.59. The molecule has 0 bridgehead atoms. The number of hydrogen-bond acceptors (Lipinski definition) is 7. The first-order chi connectivity index (χ1) is 13.7. The highest BCUT2D eigenvalue weighted by Gasteiger charge is 2.46. The van der Waals surface area contributed by atoms with Crippen LogP contribution in [-0.2, 0) is 19.1 Å². The number of carbonyl (C=O) groups excluding carboxylic acids is 2. The Bertz CT molecular complexity index is 912. The first-order valence-electron chi connectivity index (χ1n) is 9.55. The zero-order chi connectivity index (χ0) is 21.3. The molecule has 3 rings (SSSR count). The number of carbonyl (C=O) groups is 2. The third kappa shape index (κ3) is 3.81. The maximum absolute atomic E-state index is 13.2. The Morgan fingerprint density at radius 3 is 2.59 bits per heavy atom. The maximum atomic E-state index is 13.2. The molecule has 1 aliphatic carbocycles. The number of nitrogens with two attached hydrogens (primary N) is 1. The lowest BCUT2D eigenvalue weighted by molar-refractivity contribution is -0.139. The topological polar surface area (TPSA) is 97.1 Å². The number of esters is 1. The molecule has 7 heteroatoms. The van der Waals surface area contributed by atoms with Crippen LogP contribution in [0, 0.1) is 5.41 Å². The Labute approximate surface area is 170 Å². The van der Waals surface area contributed by atoms with Gasteiger partial charge in [-0.3, -0.25) is 4.79 Å². The van der Waals surface area contributed by atoms with Crippen molar-refractivity contribution in [2.75, 3.05) is 20.8 Å². The average molecular weight is 401 g/mol. The van der Waals surface area contributed by atoms with Crippen molar-refractivity contribution < 1.29 is 28.5 Å². The van der Waals surface area contributed by atoms with Crippen LogP contribution < -0.4 is 15.2 Å². The summed E-state index contributed by atoms with van der Waals surface area (Å²) < 4.78 is 21.9. The standard InChI is InChI=1S/C22H27NO6/c1-6-28-21(25)19-17(13-9-12(26-4)7-8-15(13)27-5)18-14(24)10-22(2,3)11-16(18)29-20(19)23/h7-9,17H,6,10-11,23H2,1-5H3. The van der Waals surface area contributed by atoms with Crippen LogP contribution in [0.1, 0.15) is 45.1 Å². The number of ether oxygens (including phenoxy) is 4. The lowest BCUT2D eigenvalue weighted by Crippen LogP contribution is -2.35. The van der Waals surface area contributed by atoms with E-state index in [4.69, 9.17) is 24.7 Å². The fourth-order valence-corrected chi connectivity index (χ4v) is 3.97. The predicted octanol–water partition coefficient (Wildman–Crippen LogP) is 3.19. The molecule has 0 amide bonds. The van der Waals surface area contributed by atoms with Gasteiger partial charge in [-0.05, 0) is 30.5 Å². The van der Waals surface area contributed by atoms with Crippen LogP contribution in [-0.4, -0.2) is 32.6 Å². The molecule has 1 aromatic carbocycles. The zero-order valence-corrected chi connectivity index (χ0v) is 17.5. The van der Waals surface area contributed by atoms with Crippen molar-refractivity contribution in [2.24, 2.45) is 11.1 Å². The van der Waals surface area contributed by atoms with Crippen LogP contribution in [0.25, 0.3) is 0 Å². The Hall–Kier alpha value is -2.96. The SMILES string of the molecule is CCOC(=O)C1=C(N)OC2=C(C(=O)CC(C)(C)C2)C1c1cc(OC)ccc1OC. The van der Waals surface area contributed by atoms with Gasteiger partial charge in [0.15, 0.2) is 5.78 Å². The van der Waals surface area contributed by atoms with Gasteiger partial charge in [-0.2, -0.15) is 0 Å². The molecule has 7 nitrogen and oxygen atoms in total. The van der Waals surface area contributed by atoms with Gasteiger partial charge >= 0.3 is 5.97 Å². The van der Waals surface area contributed by atoms with Crippen molar-refractivity contribution in [3.05, 3.63) is 46.6 Å². The Balaban J connectivity index is 2.26. The average Bonchev–Trinajstić information content (AvgIpc) is 2.65. The largest absolute Gasteiger partial charge is 0.497 e. The first-order valence-corrected chi connectivity index (χ1v) is 9.55. The van der Waals surface area contributed by atoms with Crippen LogP contribution in [0.15, 0.2) is 41.0 Å². The predicted molar refractivity (Wildman–Crippen MR) is 106 cm³/mol. The Morgan fingerprint density at radius 2 is 1.97 bits per heavy atom. The van der Waals surface area contributed by atoms with E-state index in [0.717, 1.165) is 0 Å². The highest BCUT2D eigenvalue weighted by molar-refractivity contribution is 6.03. The highest BCUT2D eigenvalue weighted by Crippen LogP contribution is 2.50. The number of allylic oxidation sites excluding steroid dienone is 2. The van der Waals surface area contributed by atoms with Gasteiger partial charge in [-0.1, -0.05) is 13.8 Å². The molecule has 0 radical (unpaired) electrons. The van der Waals surface area contributed by atoms with E-state index in [-0.39, 0.29) is 29.3 Å². The van der Waals surface area contributed by atoms with E-state index in [1.165, 1.54) is 7.11 Å². The number of rotatable bonds is 5. The van der Waals surface area contributed by atoms with E-state index in [1.807, 2.05) is 13.8 Å². The second-order valence-corrected chi connectivity index (χ2v) is 7.92. The Morgan fingerprint density at radius 1 is 1.24 bits per heavy atom. The van der Waals surface area contributed by atoms with Crippen LogP contribution in [0.4, 0.5) is 0 Å². The molecule has 1 unspecified atom stereocenters. The molecule has 29 heavy (non-hydrogen) atoms. The van der Waals surface area contributed by atoms with Gasteiger partial charge in [0.05, 0.1) is 26.7 Å². The van der Waals surface area contributed by atoms with Gasteiger partial charge < -0.3 is 24.7 Å². The van der Waals surface area contributed by atoms with E-state index in [0.29, 0.717) is 41.2 Å². The fourth-order valence-electron chi connectivity index (χ4n) is 3.97. The monoisotopic (exact) mass is 401 g/mol. The lowest BCUT2D eigenvalue weighted by atomic mass is 9.70. The normalized spacial score (nSPS) is 20.7. The van der Waals surface area contributed by atoms with E-state index in [2.05, 4.69) is 0 Å². The van der Waals surface area contributed by atoms with Crippen molar-refractivity contribution in [1.29, 1.82) is 0 Å². The van der Waals surface area contributed by atoms with E-state index >= 15 is 0 Å². The van der Waals surface area contributed by atoms with Gasteiger partial charge in [0, 0.05) is 24.0 Å². The van der Waals surface area contributed by atoms with Crippen LogP contribution >= 0.6 is 0 Å². The molecule has 2 aliphatic rings. The van der Waals surface area contributed by atoms with Gasteiger partial charge in [-0.25, -0.2) is 4.79 Å². The summed E-state index contributed by atoms with van der Waals surface area (Å²) in [4.78, 5) is 26.0. The second-order valence-electron chi connectivity index (χ2n) is 7.92. The van der Waals surface area contributed by atoms with Crippen molar-refractivity contribution >= 4 is 11.8 Å². The zero-order valence-electron chi connectivity index (χ0n) is 17.5. The third-order valence-electron chi connectivity index (χ3n) is 5.20. The van der Waals surface area contributed by atoms with Crippen molar-refractivity contribution in [2.45, 2.75) is 39.5 Å². The number of hydrogen-bond donors (Lipinski definition) is 1. The quantitative estimate of drug-likeness (QED) is 0.757. The second kappa shape index (κ2) is 7.81. The van der Waals surface area contributed by atoms with Crippen LogP contribution in [0.5, 0.6) is 11.5 Å². The molecule has 0 aromatic heterocycles. The maximum Gasteiger partial charge on any atom is 0.340 e. The number of methoxy groups -OCH3 is 2. The molecule has 0 spiro atoms. The molecule has 1 heterocycles. The molecule has 2 N–H and O–H groups in total. The summed E-state index contributed by atoms with van der Waals surface area (Å²) in [5, 5.41) is 0. The first kappa shape index (κ1) is 20.8. The summed E-state index contributed by atoms with van der Waals surface area (Å²) in [6.45, 7) is 5.88. The molecular weight excluding hydrogens is 374 g/mol. The number of ketones is 1. The molecule has 1 atom stereocenters. The molecule has 1 aliphatic heterocycles. The van der Waals surface area contributed by atoms with E-state index in [9.17, 15) is 9.59 Å². The molecule has 156 valence electrons. The van der Waals surface area contributed by atoms with Crippen molar-refractivity contribution in [3.63, 3.8) is 0 Å². The third-order valence-corrected chi connectivity index (χ3v) is 5.20.